The van der Waals surface area contributed by atoms with Crippen LogP contribution in [0.1, 0.15) is 55.1 Å². The van der Waals surface area contributed by atoms with Crippen molar-refractivity contribution in [3.63, 3.8) is 0 Å². The third-order valence-electron chi connectivity index (χ3n) is 7.37. The summed E-state index contributed by atoms with van der Waals surface area (Å²) in [6.07, 6.45) is 0.470. The number of hydrogen-bond donors (Lipinski definition) is 1. The summed E-state index contributed by atoms with van der Waals surface area (Å²) in [5.41, 5.74) is 5.81. The van der Waals surface area contributed by atoms with Crippen molar-refractivity contribution in [1.82, 2.24) is 9.88 Å². The monoisotopic (exact) mass is 479 g/mol. The molecule has 2 aliphatic heterocycles. The number of nitrogens with zero attached hydrogens (tertiary/aromatic N) is 2. The second-order valence-electron chi connectivity index (χ2n) is 9.77. The van der Waals surface area contributed by atoms with Gasteiger partial charge in [-0.1, -0.05) is 68.4 Å². The van der Waals surface area contributed by atoms with Crippen LogP contribution in [0.2, 0.25) is 0 Å². The van der Waals surface area contributed by atoms with Gasteiger partial charge in [0.1, 0.15) is 17.8 Å². The Morgan fingerprint density at radius 3 is 2.44 bits per heavy atom. The number of nitrogens with one attached hydrogen (secondary N) is 1. The predicted octanol–water partition coefficient (Wildman–Crippen LogP) is 6.17. The largest absolute Gasteiger partial charge is 0.492 e. The SMILES string of the molecule is CCOc1ccccc1N1C(=O)[C@@H]2Cc3c([nH]c4ccccc34)C(c3ccc(C(C)C)cc3)N2C1=O. The Morgan fingerprint density at radius 1 is 0.972 bits per heavy atom. The molecule has 6 rings (SSSR count). The van der Waals surface area contributed by atoms with Gasteiger partial charge in [0.05, 0.1) is 12.3 Å². The molecule has 182 valence electrons. The molecule has 0 radical (unpaired) electrons. The van der Waals surface area contributed by atoms with Crippen LogP contribution in [0.3, 0.4) is 0 Å². The Balaban J connectivity index is 1.51. The third-order valence-corrected chi connectivity index (χ3v) is 7.37. The van der Waals surface area contributed by atoms with Crippen molar-refractivity contribution >= 4 is 28.5 Å². The Hall–Kier alpha value is -4.06. The quantitative estimate of drug-likeness (QED) is 0.348. The summed E-state index contributed by atoms with van der Waals surface area (Å²) >= 11 is 0. The number of H-pyrrole nitrogens is 1. The van der Waals surface area contributed by atoms with E-state index >= 15 is 0 Å². The van der Waals surface area contributed by atoms with Crippen LogP contribution in [0, 0.1) is 0 Å². The van der Waals surface area contributed by atoms with E-state index in [1.54, 1.807) is 17.0 Å². The van der Waals surface area contributed by atoms with Crippen LogP contribution in [0.5, 0.6) is 5.75 Å². The minimum atomic E-state index is -0.589. The second-order valence-corrected chi connectivity index (χ2v) is 9.77. The summed E-state index contributed by atoms with van der Waals surface area (Å²) in [7, 11) is 0. The van der Waals surface area contributed by atoms with E-state index in [1.165, 1.54) is 10.5 Å². The van der Waals surface area contributed by atoms with Crippen LogP contribution in [0.4, 0.5) is 10.5 Å². The van der Waals surface area contributed by atoms with Crippen LogP contribution < -0.4 is 9.64 Å². The highest BCUT2D eigenvalue weighted by Crippen LogP contribution is 2.46. The lowest BCUT2D eigenvalue weighted by Gasteiger charge is -2.36. The fourth-order valence-electron chi connectivity index (χ4n) is 5.63. The second kappa shape index (κ2) is 8.55. The van der Waals surface area contributed by atoms with E-state index in [-0.39, 0.29) is 11.9 Å². The maximum Gasteiger partial charge on any atom is 0.333 e. The Labute approximate surface area is 210 Å². The number of imide groups is 1. The molecule has 3 aromatic carbocycles. The average Bonchev–Trinajstić information content (AvgIpc) is 3.38. The molecule has 0 spiro atoms. The summed E-state index contributed by atoms with van der Waals surface area (Å²) in [4.78, 5) is 34.6. The maximum absolute atomic E-state index is 14.1. The van der Waals surface area contributed by atoms with Gasteiger partial charge in [0.2, 0.25) is 0 Å². The summed E-state index contributed by atoms with van der Waals surface area (Å²) in [6.45, 7) is 6.67. The fourth-order valence-corrected chi connectivity index (χ4v) is 5.63. The zero-order valence-electron chi connectivity index (χ0n) is 20.7. The molecule has 1 fully saturated rings. The highest BCUT2D eigenvalue weighted by Gasteiger charge is 2.53. The van der Waals surface area contributed by atoms with E-state index in [0.717, 1.165) is 27.7 Å². The van der Waals surface area contributed by atoms with Gasteiger partial charge in [-0.05, 0) is 47.7 Å². The number of hydrogen-bond acceptors (Lipinski definition) is 3. The topological polar surface area (TPSA) is 65.6 Å². The van der Waals surface area contributed by atoms with Gasteiger partial charge in [-0.15, -0.1) is 0 Å². The Morgan fingerprint density at radius 2 is 1.69 bits per heavy atom. The lowest BCUT2D eigenvalue weighted by Crippen LogP contribution is -2.44. The van der Waals surface area contributed by atoms with Gasteiger partial charge < -0.3 is 9.72 Å². The number of anilines is 1. The number of urea groups is 1. The summed E-state index contributed by atoms with van der Waals surface area (Å²) in [5, 5.41) is 1.10. The average molecular weight is 480 g/mol. The van der Waals surface area contributed by atoms with Crippen molar-refractivity contribution in [2.45, 2.75) is 45.2 Å². The van der Waals surface area contributed by atoms with Gasteiger partial charge in [0.15, 0.2) is 0 Å². The number of carbonyl (C=O) groups is 2. The molecule has 3 heterocycles. The zero-order chi connectivity index (χ0) is 25.0. The van der Waals surface area contributed by atoms with E-state index in [1.807, 2.05) is 37.3 Å². The molecule has 2 aliphatic rings. The smallest absolute Gasteiger partial charge is 0.333 e. The molecule has 1 unspecified atom stereocenters. The number of carbonyl (C=O) groups excluding carboxylic acids is 2. The molecule has 36 heavy (non-hydrogen) atoms. The third kappa shape index (κ3) is 3.32. The Bertz CT molecular complexity index is 1470. The first kappa shape index (κ1) is 22.4. The molecule has 1 saturated heterocycles. The van der Waals surface area contributed by atoms with Gasteiger partial charge in [0, 0.05) is 23.0 Å². The number of fused-ring (bicyclic) bond motifs is 4. The molecule has 4 aromatic rings. The standard InChI is InChI=1S/C30H29N3O3/c1-4-36-26-12-8-7-11-24(26)33-29(34)25-17-22-21-9-5-6-10-23(21)31-27(22)28(32(25)30(33)35)20-15-13-19(14-16-20)18(2)3/h5-16,18,25,28,31H,4,17H2,1-3H3/t25-,28?/m0/s1. The number of rotatable bonds is 5. The first-order valence-corrected chi connectivity index (χ1v) is 12.6. The number of aromatic nitrogens is 1. The Kier molecular flexibility index (Phi) is 5.32. The van der Waals surface area contributed by atoms with Gasteiger partial charge >= 0.3 is 6.03 Å². The molecular weight excluding hydrogens is 450 g/mol. The van der Waals surface area contributed by atoms with E-state index in [9.17, 15) is 9.59 Å². The molecule has 0 saturated carbocycles. The van der Waals surface area contributed by atoms with Gasteiger partial charge in [-0.2, -0.15) is 0 Å². The normalized spacial score (nSPS) is 19.2. The van der Waals surface area contributed by atoms with Crippen LogP contribution >= 0.6 is 0 Å². The number of aromatic amines is 1. The van der Waals surface area contributed by atoms with E-state index in [4.69, 9.17) is 4.74 Å². The molecule has 1 aromatic heterocycles. The number of amides is 3. The van der Waals surface area contributed by atoms with Crippen LogP contribution in [0.25, 0.3) is 10.9 Å². The van der Waals surface area contributed by atoms with Crippen molar-refractivity contribution in [3.8, 4) is 5.75 Å². The maximum atomic E-state index is 14.1. The van der Waals surface area contributed by atoms with Gasteiger partial charge in [-0.3, -0.25) is 9.69 Å². The summed E-state index contributed by atoms with van der Waals surface area (Å²) in [5.74, 6) is 0.720. The molecule has 6 nitrogen and oxygen atoms in total. The van der Waals surface area contributed by atoms with Crippen molar-refractivity contribution in [2.24, 2.45) is 0 Å². The minimum Gasteiger partial charge on any atom is -0.492 e. The van der Waals surface area contributed by atoms with Crippen molar-refractivity contribution < 1.29 is 14.3 Å². The number of ether oxygens (including phenoxy) is 1. The van der Waals surface area contributed by atoms with Crippen LogP contribution in [0.15, 0.2) is 72.8 Å². The van der Waals surface area contributed by atoms with Crippen molar-refractivity contribution in [1.29, 1.82) is 0 Å². The zero-order valence-corrected chi connectivity index (χ0v) is 20.7. The predicted molar refractivity (Wildman–Crippen MR) is 140 cm³/mol. The van der Waals surface area contributed by atoms with Gasteiger partial charge in [0.25, 0.3) is 5.91 Å². The van der Waals surface area contributed by atoms with E-state index in [2.05, 4.69) is 49.2 Å². The lowest BCUT2D eigenvalue weighted by molar-refractivity contribution is -0.120. The van der Waals surface area contributed by atoms with Crippen molar-refractivity contribution in [3.05, 3.63) is 95.2 Å². The molecule has 1 N–H and O–H groups in total. The summed E-state index contributed by atoms with van der Waals surface area (Å²) in [6, 6.07) is 22.5. The molecule has 0 aliphatic carbocycles. The molecule has 0 bridgehead atoms. The lowest BCUT2D eigenvalue weighted by atomic mass is 9.88. The van der Waals surface area contributed by atoms with Crippen LogP contribution in [-0.2, 0) is 11.2 Å². The number of benzene rings is 3. The molecular formula is C30H29N3O3. The fraction of sp³-hybridized carbons (Fsp3) is 0.267. The molecule has 3 amide bonds. The van der Waals surface area contributed by atoms with E-state index in [0.29, 0.717) is 30.4 Å². The number of para-hydroxylation sites is 3. The van der Waals surface area contributed by atoms with Crippen molar-refractivity contribution in [2.75, 3.05) is 11.5 Å². The van der Waals surface area contributed by atoms with Crippen LogP contribution in [-0.4, -0.2) is 34.5 Å². The van der Waals surface area contributed by atoms with E-state index < -0.39 is 12.1 Å². The summed E-state index contributed by atoms with van der Waals surface area (Å²) < 4.78 is 5.78. The molecule has 2 atom stereocenters. The minimum absolute atomic E-state index is 0.216. The highest BCUT2D eigenvalue weighted by molar-refractivity contribution is 6.22. The first-order chi connectivity index (χ1) is 17.5. The van der Waals surface area contributed by atoms with Gasteiger partial charge in [-0.25, -0.2) is 9.69 Å². The first-order valence-electron chi connectivity index (χ1n) is 12.6. The molecule has 6 heteroatoms. The highest BCUT2D eigenvalue weighted by atomic mass is 16.5.